The first-order valence-corrected chi connectivity index (χ1v) is 6.71. The minimum Gasteiger partial charge on any atom is -0.399 e. The van der Waals surface area contributed by atoms with E-state index >= 15 is 0 Å². The lowest BCUT2D eigenvalue weighted by Crippen LogP contribution is -2.45. The first kappa shape index (κ1) is 13.2. The standard InChI is InChI=1S/C15H25N3/c1-15(2,3)13-6-5-12(16)11-14(13)18-9-7-17(4)8-10-18/h5-6,11H,7-10,16H2,1-4H3. The molecule has 100 valence electrons. The Kier molecular flexibility index (Phi) is 3.53. The molecule has 0 bridgehead atoms. The number of anilines is 2. The Balaban J connectivity index is 2.33. The first-order chi connectivity index (χ1) is 8.38. The number of hydrogen-bond donors (Lipinski definition) is 1. The molecule has 1 heterocycles. The summed E-state index contributed by atoms with van der Waals surface area (Å²) in [6, 6.07) is 6.33. The second-order valence-corrected chi connectivity index (χ2v) is 6.32. The van der Waals surface area contributed by atoms with Gasteiger partial charge in [0, 0.05) is 37.6 Å². The van der Waals surface area contributed by atoms with Gasteiger partial charge >= 0.3 is 0 Å². The van der Waals surface area contributed by atoms with Gasteiger partial charge in [-0.05, 0) is 30.2 Å². The van der Waals surface area contributed by atoms with Gasteiger partial charge in [-0.15, -0.1) is 0 Å². The largest absolute Gasteiger partial charge is 0.399 e. The molecule has 0 spiro atoms. The van der Waals surface area contributed by atoms with Crippen LogP contribution in [0.3, 0.4) is 0 Å². The van der Waals surface area contributed by atoms with E-state index < -0.39 is 0 Å². The van der Waals surface area contributed by atoms with Crippen molar-refractivity contribution in [2.75, 3.05) is 43.9 Å². The fourth-order valence-corrected chi connectivity index (χ4v) is 2.49. The molecule has 1 fully saturated rings. The van der Waals surface area contributed by atoms with Gasteiger partial charge in [0.15, 0.2) is 0 Å². The summed E-state index contributed by atoms with van der Waals surface area (Å²) in [6.07, 6.45) is 0. The lowest BCUT2D eigenvalue weighted by Gasteiger charge is -2.37. The molecule has 0 amide bonds. The molecule has 0 aromatic heterocycles. The molecule has 3 heteroatoms. The van der Waals surface area contributed by atoms with E-state index in [1.54, 1.807) is 0 Å². The average molecular weight is 247 g/mol. The lowest BCUT2D eigenvalue weighted by atomic mass is 9.85. The predicted octanol–water partition coefficient (Wildman–Crippen LogP) is 2.32. The van der Waals surface area contributed by atoms with Crippen molar-refractivity contribution in [3.8, 4) is 0 Å². The van der Waals surface area contributed by atoms with Crippen LogP contribution in [0.15, 0.2) is 18.2 Å². The van der Waals surface area contributed by atoms with E-state index in [0.29, 0.717) is 0 Å². The van der Waals surface area contributed by atoms with E-state index in [0.717, 1.165) is 31.9 Å². The van der Waals surface area contributed by atoms with E-state index in [2.05, 4.69) is 49.8 Å². The van der Waals surface area contributed by atoms with Gasteiger partial charge in [0.2, 0.25) is 0 Å². The second-order valence-electron chi connectivity index (χ2n) is 6.32. The van der Waals surface area contributed by atoms with Crippen molar-refractivity contribution in [1.29, 1.82) is 0 Å². The Morgan fingerprint density at radius 1 is 1.06 bits per heavy atom. The minimum absolute atomic E-state index is 0.159. The number of nitrogen functional groups attached to an aromatic ring is 1. The highest BCUT2D eigenvalue weighted by atomic mass is 15.2. The van der Waals surface area contributed by atoms with Crippen LogP contribution in [-0.2, 0) is 5.41 Å². The topological polar surface area (TPSA) is 32.5 Å². The summed E-state index contributed by atoms with van der Waals surface area (Å²) in [5.41, 5.74) is 9.69. The molecule has 1 saturated heterocycles. The van der Waals surface area contributed by atoms with Gasteiger partial charge in [-0.3, -0.25) is 0 Å². The fourth-order valence-electron chi connectivity index (χ4n) is 2.49. The Morgan fingerprint density at radius 3 is 2.22 bits per heavy atom. The maximum Gasteiger partial charge on any atom is 0.0425 e. The van der Waals surface area contributed by atoms with E-state index in [1.165, 1.54) is 11.3 Å². The highest BCUT2D eigenvalue weighted by Gasteiger charge is 2.23. The third-order valence-corrected chi connectivity index (χ3v) is 3.67. The first-order valence-electron chi connectivity index (χ1n) is 6.71. The molecule has 3 nitrogen and oxygen atoms in total. The number of rotatable bonds is 1. The number of likely N-dealkylation sites (N-methyl/N-ethyl adjacent to an activating group) is 1. The summed E-state index contributed by atoms with van der Waals surface area (Å²) < 4.78 is 0. The van der Waals surface area contributed by atoms with E-state index in [-0.39, 0.29) is 5.41 Å². The molecular weight excluding hydrogens is 222 g/mol. The molecular formula is C15H25N3. The van der Waals surface area contributed by atoms with Crippen LogP contribution in [0.25, 0.3) is 0 Å². The van der Waals surface area contributed by atoms with Gasteiger partial charge < -0.3 is 15.5 Å². The van der Waals surface area contributed by atoms with Gasteiger partial charge in [-0.1, -0.05) is 26.8 Å². The Bertz CT molecular complexity index is 412. The number of nitrogens with zero attached hydrogens (tertiary/aromatic N) is 2. The number of benzene rings is 1. The van der Waals surface area contributed by atoms with Crippen LogP contribution < -0.4 is 10.6 Å². The Morgan fingerprint density at radius 2 is 1.67 bits per heavy atom. The fraction of sp³-hybridized carbons (Fsp3) is 0.600. The molecule has 1 aliphatic rings. The SMILES string of the molecule is CN1CCN(c2cc(N)ccc2C(C)(C)C)CC1. The Labute approximate surface area is 111 Å². The van der Waals surface area contributed by atoms with Gasteiger partial charge in [-0.2, -0.15) is 0 Å². The predicted molar refractivity (Wildman–Crippen MR) is 79.3 cm³/mol. The zero-order valence-corrected chi connectivity index (χ0v) is 12.0. The van der Waals surface area contributed by atoms with Crippen molar-refractivity contribution < 1.29 is 0 Å². The summed E-state index contributed by atoms with van der Waals surface area (Å²) in [7, 11) is 2.18. The quantitative estimate of drug-likeness (QED) is 0.773. The number of nitrogens with two attached hydrogens (primary N) is 1. The van der Waals surface area contributed by atoms with Crippen LogP contribution in [0.4, 0.5) is 11.4 Å². The van der Waals surface area contributed by atoms with Crippen molar-refractivity contribution in [1.82, 2.24) is 4.90 Å². The van der Waals surface area contributed by atoms with Gasteiger partial charge in [-0.25, -0.2) is 0 Å². The molecule has 0 unspecified atom stereocenters. The monoisotopic (exact) mass is 247 g/mol. The van der Waals surface area contributed by atoms with Crippen LogP contribution in [-0.4, -0.2) is 38.1 Å². The third kappa shape index (κ3) is 2.78. The van der Waals surface area contributed by atoms with Crippen LogP contribution in [0.5, 0.6) is 0 Å². The molecule has 0 radical (unpaired) electrons. The van der Waals surface area contributed by atoms with Crippen molar-refractivity contribution in [2.45, 2.75) is 26.2 Å². The molecule has 0 aliphatic carbocycles. The van der Waals surface area contributed by atoms with Crippen LogP contribution in [0.1, 0.15) is 26.3 Å². The molecule has 18 heavy (non-hydrogen) atoms. The summed E-state index contributed by atoms with van der Waals surface area (Å²) in [6.45, 7) is 11.2. The molecule has 1 aliphatic heterocycles. The van der Waals surface area contributed by atoms with E-state index in [1.807, 2.05) is 6.07 Å². The summed E-state index contributed by atoms with van der Waals surface area (Å²) in [5, 5.41) is 0. The smallest absolute Gasteiger partial charge is 0.0425 e. The summed E-state index contributed by atoms with van der Waals surface area (Å²) in [4.78, 5) is 4.84. The summed E-state index contributed by atoms with van der Waals surface area (Å²) >= 11 is 0. The van der Waals surface area contributed by atoms with Crippen LogP contribution >= 0.6 is 0 Å². The molecule has 2 N–H and O–H groups in total. The molecule has 1 aromatic rings. The summed E-state index contributed by atoms with van der Waals surface area (Å²) in [5.74, 6) is 0. The van der Waals surface area contributed by atoms with E-state index in [9.17, 15) is 0 Å². The Hall–Kier alpha value is -1.22. The zero-order chi connectivity index (χ0) is 13.3. The highest BCUT2D eigenvalue weighted by Crippen LogP contribution is 2.33. The average Bonchev–Trinajstić information content (AvgIpc) is 2.28. The third-order valence-electron chi connectivity index (χ3n) is 3.67. The second kappa shape index (κ2) is 4.81. The zero-order valence-electron chi connectivity index (χ0n) is 12.0. The lowest BCUT2D eigenvalue weighted by molar-refractivity contribution is 0.312. The maximum atomic E-state index is 5.97. The van der Waals surface area contributed by atoms with E-state index in [4.69, 9.17) is 5.73 Å². The minimum atomic E-state index is 0.159. The van der Waals surface area contributed by atoms with Crippen molar-refractivity contribution >= 4 is 11.4 Å². The normalized spacial score (nSPS) is 18.1. The van der Waals surface area contributed by atoms with Crippen molar-refractivity contribution in [3.05, 3.63) is 23.8 Å². The maximum absolute atomic E-state index is 5.97. The molecule has 0 atom stereocenters. The van der Waals surface area contributed by atoms with Crippen molar-refractivity contribution in [3.63, 3.8) is 0 Å². The molecule has 2 rings (SSSR count). The molecule has 0 saturated carbocycles. The van der Waals surface area contributed by atoms with Crippen LogP contribution in [0, 0.1) is 0 Å². The van der Waals surface area contributed by atoms with Gasteiger partial charge in [0.1, 0.15) is 0 Å². The number of piperazine rings is 1. The molecule has 1 aromatic carbocycles. The van der Waals surface area contributed by atoms with Crippen LogP contribution in [0.2, 0.25) is 0 Å². The van der Waals surface area contributed by atoms with Crippen molar-refractivity contribution in [2.24, 2.45) is 0 Å². The van der Waals surface area contributed by atoms with Gasteiger partial charge in [0.25, 0.3) is 0 Å². The number of hydrogen-bond acceptors (Lipinski definition) is 3. The highest BCUT2D eigenvalue weighted by molar-refractivity contribution is 5.63. The van der Waals surface area contributed by atoms with Gasteiger partial charge in [0.05, 0.1) is 0 Å².